The molecule has 0 radical (unpaired) electrons. The quantitative estimate of drug-likeness (QED) is 0.669. The normalized spacial score (nSPS) is 10.4. The summed E-state index contributed by atoms with van der Waals surface area (Å²) in [7, 11) is 0. The van der Waals surface area contributed by atoms with E-state index in [-0.39, 0.29) is 5.91 Å². The zero-order chi connectivity index (χ0) is 17.0. The van der Waals surface area contributed by atoms with Crippen molar-refractivity contribution in [1.82, 2.24) is 0 Å². The Hall–Kier alpha value is -2.33. The Morgan fingerprint density at radius 3 is 2.46 bits per heavy atom. The Morgan fingerprint density at radius 2 is 1.75 bits per heavy atom. The lowest BCUT2D eigenvalue weighted by Gasteiger charge is -2.08. The molecule has 2 rings (SSSR count). The molecule has 0 aromatic heterocycles. The van der Waals surface area contributed by atoms with E-state index in [1.54, 1.807) is 0 Å². The second-order valence-electron chi connectivity index (χ2n) is 5.46. The molecule has 4 nitrogen and oxygen atoms in total. The number of benzene rings is 2. The fourth-order valence-corrected chi connectivity index (χ4v) is 2.32. The van der Waals surface area contributed by atoms with E-state index in [2.05, 4.69) is 17.4 Å². The van der Waals surface area contributed by atoms with Crippen LogP contribution in [0.25, 0.3) is 0 Å². The van der Waals surface area contributed by atoms with Crippen LogP contribution in [0.1, 0.15) is 25.3 Å². The number of ether oxygens (including phenoxy) is 2. The molecular weight excluding hydrogens is 302 g/mol. The monoisotopic (exact) mass is 327 g/mol. The third kappa shape index (κ3) is 6.84. The van der Waals surface area contributed by atoms with Gasteiger partial charge in [0.05, 0.1) is 6.61 Å². The molecule has 1 amide bonds. The van der Waals surface area contributed by atoms with Crippen molar-refractivity contribution in [3.8, 4) is 5.75 Å². The highest BCUT2D eigenvalue weighted by Crippen LogP contribution is 2.16. The topological polar surface area (TPSA) is 47.6 Å². The molecule has 0 aliphatic carbocycles. The Bertz CT molecular complexity index is 596. The molecule has 0 saturated carbocycles. The summed E-state index contributed by atoms with van der Waals surface area (Å²) in [4.78, 5) is 12.0. The Morgan fingerprint density at radius 1 is 1.00 bits per heavy atom. The van der Waals surface area contributed by atoms with Crippen molar-refractivity contribution in [2.45, 2.75) is 26.2 Å². The predicted octanol–water partition coefficient (Wildman–Crippen LogP) is 4.06. The molecule has 0 atom stereocenters. The molecule has 0 bridgehead atoms. The summed E-state index contributed by atoms with van der Waals surface area (Å²) in [5.74, 6) is 0.813. The lowest BCUT2D eigenvalue weighted by atomic mass is 10.1. The van der Waals surface area contributed by atoms with Crippen molar-refractivity contribution in [3.05, 3.63) is 60.2 Å². The molecule has 2 aromatic rings. The minimum Gasteiger partial charge on any atom is -0.491 e. The molecule has 0 fully saturated rings. The lowest BCUT2D eigenvalue weighted by molar-refractivity contribution is -0.116. The van der Waals surface area contributed by atoms with E-state index in [9.17, 15) is 4.79 Å². The number of carbonyl (C=O) groups excluding carboxylic acids is 1. The van der Waals surface area contributed by atoms with Gasteiger partial charge in [0.2, 0.25) is 5.91 Å². The number of amides is 1. The van der Waals surface area contributed by atoms with Crippen LogP contribution >= 0.6 is 0 Å². The summed E-state index contributed by atoms with van der Waals surface area (Å²) in [6.07, 6.45) is 2.27. The molecule has 1 N–H and O–H groups in total. The van der Waals surface area contributed by atoms with Crippen LogP contribution in [0.3, 0.4) is 0 Å². The van der Waals surface area contributed by atoms with Crippen LogP contribution < -0.4 is 10.1 Å². The summed E-state index contributed by atoms with van der Waals surface area (Å²) in [5.41, 5.74) is 2.05. The van der Waals surface area contributed by atoms with Crippen molar-refractivity contribution in [1.29, 1.82) is 0 Å². The third-order valence-corrected chi connectivity index (χ3v) is 3.55. The van der Waals surface area contributed by atoms with Gasteiger partial charge in [-0.25, -0.2) is 0 Å². The van der Waals surface area contributed by atoms with Crippen LogP contribution in [-0.4, -0.2) is 25.7 Å². The molecule has 4 heteroatoms. The van der Waals surface area contributed by atoms with Gasteiger partial charge in [0.1, 0.15) is 12.4 Å². The number of anilines is 1. The minimum atomic E-state index is 0.0379. The molecule has 128 valence electrons. The van der Waals surface area contributed by atoms with Gasteiger partial charge < -0.3 is 14.8 Å². The first-order chi connectivity index (χ1) is 11.8. The van der Waals surface area contributed by atoms with Crippen molar-refractivity contribution < 1.29 is 14.3 Å². The number of carbonyl (C=O) groups is 1. The highest BCUT2D eigenvalue weighted by atomic mass is 16.5. The zero-order valence-corrected chi connectivity index (χ0v) is 14.2. The van der Waals surface area contributed by atoms with Crippen LogP contribution in [0.5, 0.6) is 5.75 Å². The van der Waals surface area contributed by atoms with Crippen LogP contribution in [0.2, 0.25) is 0 Å². The number of aryl methyl sites for hydroxylation is 1. The molecule has 0 heterocycles. The first-order valence-electron chi connectivity index (χ1n) is 8.42. The predicted molar refractivity (Wildman–Crippen MR) is 96.4 cm³/mol. The fourth-order valence-electron chi connectivity index (χ4n) is 2.32. The van der Waals surface area contributed by atoms with E-state index in [0.29, 0.717) is 26.2 Å². The standard InChI is InChI=1S/C20H25NO3/c1-2-23-15-16-24-19-13-11-18(12-14-19)21-20(22)10-6-9-17-7-4-3-5-8-17/h3-5,7-8,11-14H,2,6,9-10,15-16H2,1H3,(H,21,22). The van der Waals surface area contributed by atoms with Crippen molar-refractivity contribution in [2.75, 3.05) is 25.1 Å². The Kier molecular flexibility index (Phi) is 7.84. The molecule has 0 saturated heterocycles. The molecule has 0 aliphatic heterocycles. The van der Waals surface area contributed by atoms with Crippen LogP contribution in [0, 0.1) is 0 Å². The largest absolute Gasteiger partial charge is 0.491 e. The van der Waals surface area contributed by atoms with Gasteiger partial charge in [-0.1, -0.05) is 30.3 Å². The number of nitrogens with one attached hydrogen (secondary N) is 1. The maximum Gasteiger partial charge on any atom is 0.224 e. The molecule has 24 heavy (non-hydrogen) atoms. The van der Waals surface area contributed by atoms with E-state index < -0.39 is 0 Å². The molecular formula is C20H25NO3. The van der Waals surface area contributed by atoms with E-state index in [1.807, 2.05) is 49.4 Å². The van der Waals surface area contributed by atoms with Crippen molar-refractivity contribution >= 4 is 11.6 Å². The van der Waals surface area contributed by atoms with Crippen LogP contribution in [0.15, 0.2) is 54.6 Å². The van der Waals surface area contributed by atoms with Crippen molar-refractivity contribution in [2.24, 2.45) is 0 Å². The minimum absolute atomic E-state index is 0.0379. The van der Waals surface area contributed by atoms with Gasteiger partial charge in [0, 0.05) is 18.7 Å². The Balaban J connectivity index is 1.67. The van der Waals surface area contributed by atoms with E-state index in [1.165, 1.54) is 5.56 Å². The maximum atomic E-state index is 12.0. The molecule has 0 unspecified atom stereocenters. The van der Waals surface area contributed by atoms with Gasteiger partial charge in [0.15, 0.2) is 0 Å². The SMILES string of the molecule is CCOCCOc1ccc(NC(=O)CCCc2ccccc2)cc1. The van der Waals surface area contributed by atoms with Gasteiger partial charge in [0.25, 0.3) is 0 Å². The Labute approximate surface area is 143 Å². The van der Waals surface area contributed by atoms with E-state index in [4.69, 9.17) is 9.47 Å². The van der Waals surface area contributed by atoms with Crippen LogP contribution in [0.4, 0.5) is 5.69 Å². The number of hydrogen-bond donors (Lipinski definition) is 1. The van der Waals surface area contributed by atoms with Gasteiger partial charge >= 0.3 is 0 Å². The van der Waals surface area contributed by atoms with Crippen molar-refractivity contribution in [3.63, 3.8) is 0 Å². The van der Waals surface area contributed by atoms with E-state index in [0.717, 1.165) is 24.3 Å². The summed E-state index contributed by atoms with van der Waals surface area (Å²) >= 11 is 0. The number of rotatable bonds is 10. The molecule has 2 aromatic carbocycles. The highest BCUT2D eigenvalue weighted by molar-refractivity contribution is 5.90. The smallest absolute Gasteiger partial charge is 0.224 e. The average Bonchev–Trinajstić information content (AvgIpc) is 2.61. The second-order valence-corrected chi connectivity index (χ2v) is 5.46. The number of hydrogen-bond acceptors (Lipinski definition) is 3. The van der Waals surface area contributed by atoms with E-state index >= 15 is 0 Å². The second kappa shape index (κ2) is 10.4. The van der Waals surface area contributed by atoms with Gasteiger partial charge in [-0.2, -0.15) is 0 Å². The van der Waals surface area contributed by atoms with Crippen LogP contribution in [-0.2, 0) is 16.0 Å². The summed E-state index contributed by atoms with van der Waals surface area (Å²) < 4.78 is 10.8. The molecule has 0 spiro atoms. The first-order valence-corrected chi connectivity index (χ1v) is 8.42. The lowest BCUT2D eigenvalue weighted by Crippen LogP contribution is -2.11. The first kappa shape index (κ1) is 18.0. The summed E-state index contributed by atoms with van der Waals surface area (Å²) in [5, 5.41) is 2.91. The molecule has 0 aliphatic rings. The van der Waals surface area contributed by atoms with Gasteiger partial charge in [-0.3, -0.25) is 4.79 Å². The van der Waals surface area contributed by atoms with Gasteiger partial charge in [-0.15, -0.1) is 0 Å². The summed E-state index contributed by atoms with van der Waals surface area (Å²) in [6.45, 7) is 3.76. The highest BCUT2D eigenvalue weighted by Gasteiger charge is 2.03. The average molecular weight is 327 g/mol. The fraction of sp³-hybridized carbons (Fsp3) is 0.350. The summed E-state index contributed by atoms with van der Waals surface area (Å²) in [6, 6.07) is 17.6. The maximum absolute atomic E-state index is 12.0. The van der Waals surface area contributed by atoms with Gasteiger partial charge in [-0.05, 0) is 49.6 Å². The zero-order valence-electron chi connectivity index (χ0n) is 14.2. The third-order valence-electron chi connectivity index (χ3n) is 3.55.